The fourth-order valence-electron chi connectivity index (χ4n) is 0.979. The van der Waals surface area contributed by atoms with Crippen molar-refractivity contribution in [1.82, 2.24) is 4.98 Å². The highest BCUT2D eigenvalue weighted by Gasteiger charge is 2.39. The maximum Gasteiger partial charge on any atom is 0.418 e. The minimum Gasteiger partial charge on any atom is -0.328 e. The van der Waals surface area contributed by atoms with E-state index in [-0.39, 0.29) is 0 Å². The Kier molecular flexibility index (Phi) is 3.17. The number of hydrogen-bond donors (Lipinski definition) is 1. The molecule has 0 spiro atoms. The number of H-pyrrole nitrogens is 1. The maximum absolute atomic E-state index is 12.3. The van der Waals surface area contributed by atoms with Crippen LogP contribution in [0.2, 0.25) is 0 Å². The molecule has 0 atom stereocenters. The van der Waals surface area contributed by atoms with Crippen molar-refractivity contribution in [2.75, 3.05) is 0 Å². The molecule has 0 bridgehead atoms. The van der Waals surface area contributed by atoms with E-state index in [2.05, 4.69) is 15.9 Å². The summed E-state index contributed by atoms with van der Waals surface area (Å²) in [6, 6.07) is 0. The van der Waals surface area contributed by atoms with Gasteiger partial charge in [0.25, 0.3) is 12.0 Å². The molecule has 1 aromatic rings. The summed E-state index contributed by atoms with van der Waals surface area (Å²) in [4.78, 5) is 12.6. The summed E-state index contributed by atoms with van der Waals surface area (Å²) in [6.45, 7) is 0. The molecule has 0 aliphatic carbocycles. The third-order valence-corrected chi connectivity index (χ3v) is 2.34. The largest absolute Gasteiger partial charge is 0.418 e. The Balaban J connectivity index is 3.57. The van der Waals surface area contributed by atoms with Gasteiger partial charge >= 0.3 is 6.18 Å². The van der Waals surface area contributed by atoms with Crippen LogP contribution in [0.4, 0.5) is 22.0 Å². The fraction of sp³-hybridized carbons (Fsp3) is 0.286. The Bertz CT molecular complexity index is 424. The normalized spacial score (nSPS) is 12.2. The average molecular weight is 292 g/mol. The van der Waals surface area contributed by atoms with Gasteiger partial charge in [0, 0.05) is 11.8 Å². The minimum absolute atomic E-state index is 0.362. The number of rotatable bonds is 1. The zero-order chi connectivity index (χ0) is 11.8. The van der Waals surface area contributed by atoms with Crippen molar-refractivity contribution < 1.29 is 22.0 Å². The predicted molar refractivity (Wildman–Crippen MR) is 44.7 cm³/mol. The Labute approximate surface area is 88.2 Å². The monoisotopic (exact) mass is 291 g/mol. The number of aromatic amines is 1. The van der Waals surface area contributed by atoms with Gasteiger partial charge < -0.3 is 4.98 Å². The van der Waals surface area contributed by atoms with Crippen molar-refractivity contribution in [3.8, 4) is 0 Å². The van der Waals surface area contributed by atoms with E-state index in [0.717, 1.165) is 0 Å². The molecule has 1 aromatic heterocycles. The minimum atomic E-state index is -5.00. The van der Waals surface area contributed by atoms with Crippen LogP contribution in [-0.2, 0) is 6.18 Å². The summed E-state index contributed by atoms with van der Waals surface area (Å²) < 4.78 is 60.5. The van der Waals surface area contributed by atoms with Crippen LogP contribution in [0.5, 0.6) is 0 Å². The van der Waals surface area contributed by atoms with Crippen LogP contribution in [0, 0.1) is 0 Å². The SMILES string of the molecule is O=c1[nH]cc(C(F)F)c(C(F)(F)F)c1Br. The molecule has 15 heavy (non-hydrogen) atoms. The van der Waals surface area contributed by atoms with E-state index >= 15 is 0 Å². The lowest BCUT2D eigenvalue weighted by Crippen LogP contribution is -2.19. The van der Waals surface area contributed by atoms with Gasteiger partial charge in [-0.25, -0.2) is 8.78 Å². The molecule has 0 radical (unpaired) electrons. The van der Waals surface area contributed by atoms with E-state index in [9.17, 15) is 26.7 Å². The summed E-state index contributed by atoms with van der Waals surface area (Å²) in [6.07, 6.45) is -7.95. The van der Waals surface area contributed by atoms with Gasteiger partial charge in [0.1, 0.15) is 0 Å². The summed E-state index contributed by atoms with van der Waals surface area (Å²) in [5.74, 6) is 0. The molecular weight excluding hydrogens is 289 g/mol. The van der Waals surface area contributed by atoms with E-state index < -0.39 is 33.8 Å². The van der Waals surface area contributed by atoms with Gasteiger partial charge in [0.05, 0.1) is 10.0 Å². The number of nitrogens with one attached hydrogen (secondary N) is 1. The van der Waals surface area contributed by atoms with Gasteiger partial charge in [-0.2, -0.15) is 13.2 Å². The zero-order valence-electron chi connectivity index (χ0n) is 6.83. The van der Waals surface area contributed by atoms with Crippen molar-refractivity contribution in [2.45, 2.75) is 12.6 Å². The summed E-state index contributed by atoms with van der Waals surface area (Å²) in [5, 5.41) is 0. The Morgan fingerprint density at radius 2 is 1.87 bits per heavy atom. The third kappa shape index (κ3) is 2.36. The van der Waals surface area contributed by atoms with Gasteiger partial charge in [-0.05, 0) is 15.9 Å². The topological polar surface area (TPSA) is 32.9 Å². The Morgan fingerprint density at radius 3 is 2.27 bits per heavy atom. The van der Waals surface area contributed by atoms with Crippen LogP contribution in [-0.4, -0.2) is 4.98 Å². The van der Waals surface area contributed by atoms with Crippen molar-refractivity contribution in [3.05, 3.63) is 32.2 Å². The van der Waals surface area contributed by atoms with Gasteiger partial charge in [-0.15, -0.1) is 0 Å². The van der Waals surface area contributed by atoms with Crippen LogP contribution < -0.4 is 5.56 Å². The van der Waals surface area contributed by atoms with Crippen molar-refractivity contribution in [3.63, 3.8) is 0 Å². The third-order valence-electron chi connectivity index (χ3n) is 1.58. The number of alkyl halides is 5. The molecule has 84 valence electrons. The van der Waals surface area contributed by atoms with Crippen LogP contribution in [0.1, 0.15) is 17.6 Å². The zero-order valence-corrected chi connectivity index (χ0v) is 8.42. The number of pyridine rings is 1. The summed E-state index contributed by atoms with van der Waals surface area (Å²) in [7, 11) is 0. The fourth-order valence-corrected chi connectivity index (χ4v) is 1.55. The predicted octanol–water partition coefficient (Wildman–Crippen LogP) is 3.09. The molecule has 1 rings (SSSR count). The molecule has 0 aromatic carbocycles. The molecule has 2 nitrogen and oxygen atoms in total. The second-order valence-corrected chi connectivity index (χ2v) is 3.35. The van der Waals surface area contributed by atoms with E-state index in [0.29, 0.717) is 6.20 Å². The molecule has 0 fully saturated rings. The van der Waals surface area contributed by atoms with Crippen LogP contribution in [0.15, 0.2) is 15.5 Å². The van der Waals surface area contributed by atoms with Crippen molar-refractivity contribution in [2.24, 2.45) is 0 Å². The molecule has 8 heteroatoms. The van der Waals surface area contributed by atoms with Gasteiger partial charge in [-0.1, -0.05) is 0 Å². The van der Waals surface area contributed by atoms with E-state index in [1.54, 1.807) is 4.98 Å². The molecule has 0 saturated carbocycles. The van der Waals surface area contributed by atoms with E-state index in [4.69, 9.17) is 0 Å². The highest BCUT2D eigenvalue weighted by molar-refractivity contribution is 9.10. The molecular formula is C7H3BrF5NO. The maximum atomic E-state index is 12.3. The second-order valence-electron chi connectivity index (χ2n) is 2.56. The molecule has 1 heterocycles. The highest BCUT2D eigenvalue weighted by Crippen LogP contribution is 2.38. The first-order chi connectivity index (χ1) is 6.75. The van der Waals surface area contributed by atoms with Crippen LogP contribution in [0.3, 0.4) is 0 Å². The van der Waals surface area contributed by atoms with Crippen molar-refractivity contribution in [1.29, 1.82) is 0 Å². The van der Waals surface area contributed by atoms with Crippen LogP contribution >= 0.6 is 15.9 Å². The number of hydrogen-bond acceptors (Lipinski definition) is 1. The molecule has 0 unspecified atom stereocenters. The molecule has 0 amide bonds. The first-order valence-corrected chi connectivity index (χ1v) is 4.31. The first-order valence-electron chi connectivity index (χ1n) is 3.51. The van der Waals surface area contributed by atoms with Gasteiger partial charge in [0.15, 0.2) is 0 Å². The lowest BCUT2D eigenvalue weighted by Gasteiger charge is -2.12. The second kappa shape index (κ2) is 3.92. The smallest absolute Gasteiger partial charge is 0.328 e. The lowest BCUT2D eigenvalue weighted by atomic mass is 10.1. The quantitative estimate of drug-likeness (QED) is 0.793. The first kappa shape index (κ1) is 12.2. The molecule has 1 N–H and O–H groups in total. The Morgan fingerprint density at radius 1 is 1.33 bits per heavy atom. The average Bonchev–Trinajstić information content (AvgIpc) is 2.06. The van der Waals surface area contributed by atoms with Crippen LogP contribution in [0.25, 0.3) is 0 Å². The molecule has 0 aliphatic heterocycles. The van der Waals surface area contributed by atoms with E-state index in [1.807, 2.05) is 0 Å². The van der Waals surface area contributed by atoms with Gasteiger partial charge in [0.2, 0.25) is 0 Å². The standard InChI is InChI=1S/C7H3BrF5NO/c8-4-3(7(11,12)13)2(5(9)10)1-14-6(4)15/h1,5H,(H,14,15). The lowest BCUT2D eigenvalue weighted by molar-refractivity contribution is -0.140. The summed E-state index contributed by atoms with van der Waals surface area (Å²) >= 11 is 2.34. The van der Waals surface area contributed by atoms with Crippen molar-refractivity contribution >= 4 is 15.9 Å². The number of aromatic nitrogens is 1. The molecule has 0 saturated heterocycles. The van der Waals surface area contributed by atoms with Gasteiger partial charge in [-0.3, -0.25) is 4.79 Å². The van der Waals surface area contributed by atoms with E-state index in [1.165, 1.54) is 0 Å². The highest BCUT2D eigenvalue weighted by atomic mass is 79.9. The summed E-state index contributed by atoms with van der Waals surface area (Å²) in [5.41, 5.74) is -4.00. The molecule has 0 aliphatic rings. The Hall–Kier alpha value is -0.920. The number of halogens is 6.